The van der Waals surface area contributed by atoms with Gasteiger partial charge in [0.15, 0.2) is 0 Å². The molecule has 0 unspecified atom stereocenters. The van der Waals surface area contributed by atoms with E-state index in [4.69, 9.17) is 0 Å². The molecule has 1 aromatic rings. The average Bonchev–Trinajstić information content (AvgIpc) is 2.39. The zero-order valence-electron chi connectivity index (χ0n) is 11.4. The van der Waals surface area contributed by atoms with E-state index in [9.17, 15) is 5.11 Å². The molecule has 18 heavy (non-hydrogen) atoms. The topological polar surface area (TPSA) is 32.3 Å². The summed E-state index contributed by atoms with van der Waals surface area (Å²) >= 11 is 0. The molecule has 0 aromatic heterocycles. The molecule has 1 aromatic carbocycles. The van der Waals surface area contributed by atoms with Crippen molar-refractivity contribution in [1.29, 1.82) is 0 Å². The van der Waals surface area contributed by atoms with Gasteiger partial charge in [-0.05, 0) is 44.2 Å². The van der Waals surface area contributed by atoms with E-state index in [2.05, 4.69) is 24.4 Å². The molecule has 100 valence electrons. The normalized spacial score (nSPS) is 28.2. The summed E-state index contributed by atoms with van der Waals surface area (Å²) in [6.07, 6.45) is 6.03. The third kappa shape index (κ3) is 3.82. The zero-order chi connectivity index (χ0) is 12.8. The standard InChI is InChI=1S/C16H25NO/c1-2-12-17-15-8-10-16(18,11-9-15)13-14-6-4-3-5-7-14/h3-7,15,17-18H,2,8-13H2,1H3. The van der Waals surface area contributed by atoms with Gasteiger partial charge in [0, 0.05) is 12.5 Å². The van der Waals surface area contributed by atoms with E-state index in [1.165, 1.54) is 12.0 Å². The SMILES string of the molecule is CCCNC1CCC(O)(Cc2ccccc2)CC1. The molecule has 0 bridgehead atoms. The lowest BCUT2D eigenvalue weighted by Crippen LogP contribution is -2.42. The Balaban J connectivity index is 1.83. The monoisotopic (exact) mass is 247 g/mol. The molecular formula is C16H25NO. The highest BCUT2D eigenvalue weighted by Crippen LogP contribution is 2.31. The largest absolute Gasteiger partial charge is 0.390 e. The van der Waals surface area contributed by atoms with Gasteiger partial charge in [-0.25, -0.2) is 0 Å². The molecule has 2 nitrogen and oxygen atoms in total. The second-order valence-corrected chi connectivity index (χ2v) is 5.62. The summed E-state index contributed by atoms with van der Waals surface area (Å²) in [7, 11) is 0. The Morgan fingerprint density at radius 2 is 1.89 bits per heavy atom. The van der Waals surface area contributed by atoms with Crippen LogP contribution in [0.15, 0.2) is 30.3 Å². The molecule has 1 aliphatic carbocycles. The number of hydrogen-bond donors (Lipinski definition) is 2. The van der Waals surface area contributed by atoms with Crippen molar-refractivity contribution in [3.05, 3.63) is 35.9 Å². The van der Waals surface area contributed by atoms with E-state index in [1.54, 1.807) is 0 Å². The third-order valence-electron chi connectivity index (χ3n) is 3.98. The van der Waals surface area contributed by atoms with Crippen LogP contribution >= 0.6 is 0 Å². The predicted molar refractivity (Wildman–Crippen MR) is 75.6 cm³/mol. The van der Waals surface area contributed by atoms with Crippen molar-refractivity contribution in [3.63, 3.8) is 0 Å². The van der Waals surface area contributed by atoms with Crippen LogP contribution in [0, 0.1) is 0 Å². The van der Waals surface area contributed by atoms with Crippen LogP contribution < -0.4 is 5.32 Å². The lowest BCUT2D eigenvalue weighted by molar-refractivity contribution is -0.00306. The fourth-order valence-electron chi connectivity index (χ4n) is 2.86. The molecular weight excluding hydrogens is 222 g/mol. The summed E-state index contributed by atoms with van der Waals surface area (Å²) < 4.78 is 0. The summed E-state index contributed by atoms with van der Waals surface area (Å²) in [4.78, 5) is 0. The van der Waals surface area contributed by atoms with Gasteiger partial charge in [0.2, 0.25) is 0 Å². The third-order valence-corrected chi connectivity index (χ3v) is 3.98. The maximum Gasteiger partial charge on any atom is 0.0689 e. The molecule has 2 rings (SSSR count). The number of rotatable bonds is 5. The van der Waals surface area contributed by atoms with E-state index < -0.39 is 5.60 Å². The second kappa shape index (κ2) is 6.35. The second-order valence-electron chi connectivity index (χ2n) is 5.62. The number of benzene rings is 1. The highest BCUT2D eigenvalue weighted by molar-refractivity contribution is 5.17. The van der Waals surface area contributed by atoms with Crippen molar-refractivity contribution in [3.8, 4) is 0 Å². The molecule has 0 atom stereocenters. The van der Waals surface area contributed by atoms with Crippen molar-refractivity contribution in [1.82, 2.24) is 5.32 Å². The summed E-state index contributed by atoms with van der Waals surface area (Å²) in [6, 6.07) is 11.0. The lowest BCUT2D eigenvalue weighted by Gasteiger charge is -2.36. The Bertz CT molecular complexity index is 341. The van der Waals surface area contributed by atoms with Gasteiger partial charge in [-0.2, -0.15) is 0 Å². The minimum absolute atomic E-state index is 0.480. The Labute approximate surface area is 110 Å². The van der Waals surface area contributed by atoms with Gasteiger partial charge in [0.05, 0.1) is 5.60 Å². The molecule has 0 amide bonds. The smallest absolute Gasteiger partial charge is 0.0689 e. The van der Waals surface area contributed by atoms with E-state index in [1.807, 2.05) is 18.2 Å². The van der Waals surface area contributed by atoms with Gasteiger partial charge in [-0.1, -0.05) is 37.3 Å². The first-order valence-electron chi connectivity index (χ1n) is 7.21. The molecule has 2 N–H and O–H groups in total. The van der Waals surface area contributed by atoms with E-state index in [0.717, 1.165) is 38.6 Å². The fraction of sp³-hybridized carbons (Fsp3) is 0.625. The van der Waals surface area contributed by atoms with Crippen LogP contribution in [0.5, 0.6) is 0 Å². The Morgan fingerprint density at radius 1 is 1.22 bits per heavy atom. The summed E-state index contributed by atoms with van der Waals surface area (Å²) in [5.41, 5.74) is 0.770. The number of aliphatic hydroxyl groups is 1. The number of nitrogens with one attached hydrogen (secondary N) is 1. The van der Waals surface area contributed by atoms with Crippen LogP contribution in [0.2, 0.25) is 0 Å². The van der Waals surface area contributed by atoms with Crippen LogP contribution in [0.25, 0.3) is 0 Å². The Hall–Kier alpha value is -0.860. The highest BCUT2D eigenvalue weighted by atomic mass is 16.3. The van der Waals surface area contributed by atoms with Crippen molar-refractivity contribution in [2.45, 2.75) is 57.1 Å². The Morgan fingerprint density at radius 3 is 2.50 bits per heavy atom. The fourth-order valence-corrected chi connectivity index (χ4v) is 2.86. The molecule has 0 spiro atoms. The molecule has 0 heterocycles. The highest BCUT2D eigenvalue weighted by Gasteiger charge is 2.32. The number of hydrogen-bond acceptors (Lipinski definition) is 2. The maximum atomic E-state index is 10.6. The molecule has 0 aliphatic heterocycles. The average molecular weight is 247 g/mol. The predicted octanol–water partition coefficient (Wildman–Crippen LogP) is 2.90. The van der Waals surface area contributed by atoms with Gasteiger partial charge < -0.3 is 10.4 Å². The maximum absolute atomic E-state index is 10.6. The van der Waals surface area contributed by atoms with Crippen molar-refractivity contribution in [2.75, 3.05) is 6.54 Å². The first-order chi connectivity index (χ1) is 8.72. The van der Waals surface area contributed by atoms with Gasteiger partial charge in [-0.3, -0.25) is 0 Å². The summed E-state index contributed by atoms with van der Waals surface area (Å²) in [5, 5.41) is 14.2. The first-order valence-corrected chi connectivity index (χ1v) is 7.21. The van der Waals surface area contributed by atoms with E-state index in [-0.39, 0.29) is 0 Å². The lowest BCUT2D eigenvalue weighted by atomic mass is 9.78. The summed E-state index contributed by atoms with van der Waals surface area (Å²) in [6.45, 7) is 3.29. The van der Waals surface area contributed by atoms with Gasteiger partial charge in [-0.15, -0.1) is 0 Å². The first kappa shape index (κ1) is 13.6. The van der Waals surface area contributed by atoms with Gasteiger partial charge >= 0.3 is 0 Å². The molecule has 2 heteroatoms. The molecule has 1 fully saturated rings. The van der Waals surface area contributed by atoms with E-state index in [0.29, 0.717) is 6.04 Å². The summed E-state index contributed by atoms with van der Waals surface area (Å²) in [5.74, 6) is 0. The molecule has 0 saturated heterocycles. The van der Waals surface area contributed by atoms with Crippen LogP contribution in [-0.2, 0) is 6.42 Å². The van der Waals surface area contributed by atoms with Gasteiger partial charge in [0.25, 0.3) is 0 Å². The van der Waals surface area contributed by atoms with Crippen LogP contribution in [-0.4, -0.2) is 23.3 Å². The quantitative estimate of drug-likeness (QED) is 0.838. The molecule has 1 aliphatic rings. The van der Waals surface area contributed by atoms with Gasteiger partial charge in [0.1, 0.15) is 0 Å². The molecule has 0 radical (unpaired) electrons. The Kier molecular flexibility index (Phi) is 4.79. The van der Waals surface area contributed by atoms with E-state index >= 15 is 0 Å². The van der Waals surface area contributed by atoms with Crippen molar-refractivity contribution < 1.29 is 5.11 Å². The van der Waals surface area contributed by atoms with Crippen molar-refractivity contribution in [2.24, 2.45) is 0 Å². The zero-order valence-corrected chi connectivity index (χ0v) is 11.4. The minimum Gasteiger partial charge on any atom is -0.390 e. The molecule has 1 saturated carbocycles. The minimum atomic E-state index is -0.480. The van der Waals surface area contributed by atoms with Crippen LogP contribution in [0.3, 0.4) is 0 Å². The van der Waals surface area contributed by atoms with Crippen molar-refractivity contribution >= 4 is 0 Å². The van der Waals surface area contributed by atoms with Crippen LogP contribution in [0.1, 0.15) is 44.6 Å². The van der Waals surface area contributed by atoms with Crippen LogP contribution in [0.4, 0.5) is 0 Å².